The van der Waals surface area contributed by atoms with E-state index in [0.29, 0.717) is 25.0 Å². The zero-order chi connectivity index (χ0) is 32.9. The molecule has 11 unspecified atom stereocenters. The van der Waals surface area contributed by atoms with Crippen molar-refractivity contribution in [3.8, 4) is 0 Å². The van der Waals surface area contributed by atoms with E-state index in [-0.39, 0.29) is 36.2 Å². The van der Waals surface area contributed by atoms with Crippen LogP contribution < -0.4 is 5.32 Å². The minimum atomic E-state index is -0.433. The Morgan fingerprint density at radius 2 is 1.76 bits per heavy atom. The predicted octanol–water partition coefficient (Wildman–Crippen LogP) is 8.83. The molecule has 0 radical (unpaired) electrons. The normalized spacial score (nSPS) is 39.3. The number of nitrogens with one attached hydrogen (secondary N) is 1. The summed E-state index contributed by atoms with van der Waals surface area (Å²) in [7, 11) is 0. The molecule has 5 aliphatic rings. The van der Waals surface area contributed by atoms with Crippen molar-refractivity contribution in [3.63, 3.8) is 0 Å². The first-order chi connectivity index (χ1) is 22.0. The quantitative estimate of drug-likeness (QED) is 0.123. The van der Waals surface area contributed by atoms with Crippen molar-refractivity contribution in [2.24, 2.45) is 52.3 Å². The van der Waals surface area contributed by atoms with Crippen LogP contribution >= 0.6 is 0 Å². The molecule has 5 aliphatic carbocycles. The second kappa shape index (κ2) is 16.1. The van der Waals surface area contributed by atoms with Crippen LogP contribution in [0.2, 0.25) is 0 Å². The molecule has 0 aromatic carbocycles. The van der Waals surface area contributed by atoms with E-state index in [0.717, 1.165) is 86.9 Å². The number of allylic oxidation sites excluding steroid dienone is 1. The molecule has 5 rings (SSSR count). The molecule has 264 valence electrons. The zero-order valence-electron chi connectivity index (χ0n) is 30.1. The Morgan fingerprint density at radius 1 is 0.957 bits per heavy atom. The maximum atomic E-state index is 12.7. The van der Waals surface area contributed by atoms with E-state index in [4.69, 9.17) is 9.47 Å². The molecule has 0 aliphatic heterocycles. The fourth-order valence-corrected chi connectivity index (χ4v) is 11.4. The topological polar surface area (TPSA) is 88.0 Å². The molecule has 3 N–H and O–H groups in total. The summed E-state index contributed by atoms with van der Waals surface area (Å²) in [5.74, 6) is 5.06. The van der Waals surface area contributed by atoms with E-state index in [1.165, 1.54) is 51.4 Å². The molecule has 6 heteroatoms. The summed E-state index contributed by atoms with van der Waals surface area (Å²) in [6, 6.07) is 0. The summed E-state index contributed by atoms with van der Waals surface area (Å²) in [5, 5.41) is 22.2. The number of hydrogen-bond acceptors (Lipinski definition) is 5. The van der Waals surface area contributed by atoms with E-state index in [1.54, 1.807) is 5.57 Å². The van der Waals surface area contributed by atoms with Crippen LogP contribution in [0.5, 0.6) is 0 Å². The number of aliphatic hydroxyl groups is 2. The van der Waals surface area contributed by atoms with Crippen molar-refractivity contribution in [2.45, 2.75) is 162 Å². The highest BCUT2D eigenvalue weighted by Crippen LogP contribution is 2.67. The molecule has 4 fully saturated rings. The van der Waals surface area contributed by atoms with Crippen LogP contribution in [0.4, 0.5) is 4.79 Å². The van der Waals surface area contributed by atoms with Crippen molar-refractivity contribution in [3.05, 3.63) is 11.6 Å². The van der Waals surface area contributed by atoms with Gasteiger partial charge in [0.1, 0.15) is 6.10 Å². The first kappa shape index (κ1) is 36.2. The minimum Gasteiger partial charge on any atom is -0.446 e. The predicted molar refractivity (Wildman–Crippen MR) is 185 cm³/mol. The van der Waals surface area contributed by atoms with Crippen LogP contribution in [-0.2, 0) is 9.47 Å². The Balaban J connectivity index is 1.01. The molecular weight excluding hydrogens is 574 g/mol. The monoisotopic (exact) mass is 644 g/mol. The third-order valence-corrected chi connectivity index (χ3v) is 14.1. The van der Waals surface area contributed by atoms with Gasteiger partial charge in [-0.1, -0.05) is 78.4 Å². The number of alkyl carbamates (subject to hydrolysis) is 1. The van der Waals surface area contributed by atoms with E-state index >= 15 is 0 Å². The van der Waals surface area contributed by atoms with Gasteiger partial charge < -0.3 is 25.0 Å². The SMILES string of the molecule is CC(C)CCCC(C)C1CCC2C3CC=C4CC(OC(=O)NCCCCCCOC5CC(O)C(CO)C5)CCC4(C)C3CCC12C. The number of rotatable bonds is 15. The molecule has 11 atom stereocenters. The molecule has 0 spiro atoms. The number of carbonyl (C=O) groups excluding carboxylic acids is 1. The molecule has 6 nitrogen and oxygen atoms in total. The summed E-state index contributed by atoms with van der Waals surface area (Å²) in [4.78, 5) is 12.7. The number of amides is 1. The largest absolute Gasteiger partial charge is 0.446 e. The molecular formula is C40H69NO5. The van der Waals surface area contributed by atoms with Crippen molar-refractivity contribution in [2.75, 3.05) is 19.8 Å². The summed E-state index contributed by atoms with van der Waals surface area (Å²) >= 11 is 0. The van der Waals surface area contributed by atoms with Crippen LogP contribution in [0.3, 0.4) is 0 Å². The molecule has 1 amide bonds. The molecule has 0 saturated heterocycles. The van der Waals surface area contributed by atoms with Crippen LogP contribution in [0.15, 0.2) is 11.6 Å². The molecule has 46 heavy (non-hydrogen) atoms. The zero-order valence-corrected chi connectivity index (χ0v) is 30.1. The Hall–Kier alpha value is -1.11. The van der Waals surface area contributed by atoms with Gasteiger partial charge in [0.05, 0.1) is 12.2 Å². The van der Waals surface area contributed by atoms with E-state index < -0.39 is 6.10 Å². The molecule has 0 aromatic rings. The molecule has 0 bridgehead atoms. The highest BCUT2D eigenvalue weighted by molar-refractivity contribution is 5.67. The number of carbonyl (C=O) groups is 1. The Labute approximate surface area is 281 Å². The summed E-state index contributed by atoms with van der Waals surface area (Å²) in [5.41, 5.74) is 2.39. The highest BCUT2D eigenvalue weighted by Gasteiger charge is 2.59. The maximum Gasteiger partial charge on any atom is 0.407 e. The maximum absolute atomic E-state index is 12.7. The minimum absolute atomic E-state index is 0.00367. The van der Waals surface area contributed by atoms with Crippen LogP contribution in [0.25, 0.3) is 0 Å². The lowest BCUT2D eigenvalue weighted by Crippen LogP contribution is -2.51. The van der Waals surface area contributed by atoms with Crippen LogP contribution in [0, 0.1) is 52.3 Å². The third-order valence-electron chi connectivity index (χ3n) is 14.1. The number of hydrogen-bond donors (Lipinski definition) is 3. The van der Waals surface area contributed by atoms with Gasteiger partial charge in [-0.05, 0) is 117 Å². The van der Waals surface area contributed by atoms with E-state index in [9.17, 15) is 15.0 Å². The molecule has 0 aromatic heterocycles. The van der Waals surface area contributed by atoms with Gasteiger partial charge >= 0.3 is 6.09 Å². The Morgan fingerprint density at radius 3 is 2.52 bits per heavy atom. The smallest absolute Gasteiger partial charge is 0.407 e. The van der Waals surface area contributed by atoms with Gasteiger partial charge in [-0.25, -0.2) is 4.79 Å². The number of fused-ring (bicyclic) bond motifs is 5. The first-order valence-electron chi connectivity index (χ1n) is 19.6. The first-order valence-corrected chi connectivity index (χ1v) is 19.6. The van der Waals surface area contributed by atoms with E-state index in [1.807, 2.05) is 0 Å². The summed E-state index contributed by atoms with van der Waals surface area (Å²) in [6.45, 7) is 13.9. The average Bonchev–Trinajstić information content (AvgIpc) is 3.56. The van der Waals surface area contributed by atoms with Gasteiger partial charge in [0.15, 0.2) is 0 Å². The van der Waals surface area contributed by atoms with Gasteiger partial charge in [-0.3, -0.25) is 0 Å². The number of unbranched alkanes of at least 4 members (excludes halogenated alkanes) is 3. The molecule has 4 saturated carbocycles. The fourth-order valence-electron chi connectivity index (χ4n) is 11.4. The highest BCUT2D eigenvalue weighted by atomic mass is 16.6. The Kier molecular flexibility index (Phi) is 12.6. The van der Waals surface area contributed by atoms with Crippen molar-refractivity contribution in [1.29, 1.82) is 0 Å². The summed E-state index contributed by atoms with van der Waals surface area (Å²) in [6.07, 6.45) is 21.5. The molecule has 0 heterocycles. The van der Waals surface area contributed by atoms with Gasteiger partial charge in [0.25, 0.3) is 0 Å². The van der Waals surface area contributed by atoms with Gasteiger partial charge in [-0.15, -0.1) is 0 Å². The lowest BCUT2D eigenvalue weighted by atomic mass is 9.47. The average molecular weight is 644 g/mol. The van der Waals surface area contributed by atoms with Crippen molar-refractivity contribution in [1.82, 2.24) is 5.32 Å². The van der Waals surface area contributed by atoms with E-state index in [2.05, 4.69) is 46.0 Å². The number of ether oxygens (including phenoxy) is 2. The van der Waals surface area contributed by atoms with Gasteiger partial charge in [0.2, 0.25) is 0 Å². The van der Waals surface area contributed by atoms with Crippen molar-refractivity contribution < 1.29 is 24.5 Å². The third kappa shape index (κ3) is 8.19. The Bertz CT molecular complexity index is 1010. The van der Waals surface area contributed by atoms with Gasteiger partial charge in [0, 0.05) is 32.1 Å². The second-order valence-electron chi connectivity index (χ2n) is 17.4. The fraction of sp³-hybridized carbons (Fsp3) is 0.925. The lowest BCUT2D eigenvalue weighted by Gasteiger charge is -2.58. The van der Waals surface area contributed by atoms with Crippen LogP contribution in [-0.4, -0.2) is 54.4 Å². The van der Waals surface area contributed by atoms with Crippen molar-refractivity contribution >= 4 is 6.09 Å². The van der Waals surface area contributed by atoms with Crippen LogP contribution in [0.1, 0.15) is 144 Å². The number of aliphatic hydroxyl groups excluding tert-OH is 2. The standard InChI is InChI=1S/C40H69NO5/c1-27(2)11-10-12-28(3)34-15-16-35-33-14-13-30-24-31(17-19-39(30,4)36(33)18-20-40(34,35)5)46-38(44)41-21-8-6-7-9-22-45-32-23-29(26-42)37(43)25-32/h13,27-29,31-37,42-43H,6-12,14-26H2,1-5H3,(H,41,44). The summed E-state index contributed by atoms with van der Waals surface area (Å²) < 4.78 is 11.9. The lowest BCUT2D eigenvalue weighted by molar-refractivity contribution is -0.0581. The van der Waals surface area contributed by atoms with Gasteiger partial charge in [-0.2, -0.15) is 0 Å². The second-order valence-corrected chi connectivity index (χ2v) is 17.4.